The quantitative estimate of drug-likeness (QED) is 0.598. The van der Waals surface area contributed by atoms with Crippen molar-refractivity contribution in [3.8, 4) is 17.6 Å². The van der Waals surface area contributed by atoms with Crippen molar-refractivity contribution in [2.75, 3.05) is 26.1 Å². The smallest absolute Gasteiger partial charge is 0.331 e. The molecule has 2 aromatic carbocycles. The fourth-order valence-electron chi connectivity index (χ4n) is 2.12. The third-order valence-electron chi connectivity index (χ3n) is 3.48. The normalized spacial score (nSPS) is 10.1. The second kappa shape index (κ2) is 9.63. The van der Waals surface area contributed by atoms with Gasteiger partial charge >= 0.3 is 5.97 Å². The van der Waals surface area contributed by atoms with Crippen LogP contribution in [0.15, 0.2) is 48.5 Å². The van der Waals surface area contributed by atoms with Crippen LogP contribution in [0.2, 0.25) is 0 Å². The number of amides is 1. The van der Waals surface area contributed by atoms with Crippen molar-refractivity contribution in [3.63, 3.8) is 0 Å². The van der Waals surface area contributed by atoms with E-state index < -0.39 is 18.5 Å². The van der Waals surface area contributed by atoms with Crippen molar-refractivity contribution in [3.05, 3.63) is 59.7 Å². The standard InChI is InChI=1S/C20H18N2O5/c1-25-17-9-5-15(18(11-17)26-2)6-10-20(24)27-13-19(23)22-16-7-3-14(12-21)4-8-16/h3-11H,13H2,1-2H3,(H,22,23)/b10-6+. The molecule has 0 saturated heterocycles. The Morgan fingerprint density at radius 1 is 1.11 bits per heavy atom. The Morgan fingerprint density at radius 2 is 1.85 bits per heavy atom. The Balaban J connectivity index is 1.87. The van der Waals surface area contributed by atoms with E-state index in [0.717, 1.165) is 0 Å². The van der Waals surface area contributed by atoms with Crippen LogP contribution in [0.5, 0.6) is 11.5 Å². The van der Waals surface area contributed by atoms with E-state index in [0.29, 0.717) is 28.3 Å². The lowest BCUT2D eigenvalue weighted by Gasteiger charge is -2.07. The monoisotopic (exact) mass is 366 g/mol. The maximum absolute atomic E-state index is 11.8. The van der Waals surface area contributed by atoms with Gasteiger partial charge in [-0.05, 0) is 42.5 Å². The fraction of sp³-hybridized carbons (Fsp3) is 0.150. The molecule has 0 aliphatic heterocycles. The Labute approximate surface area is 156 Å². The summed E-state index contributed by atoms with van der Waals surface area (Å²) in [5.41, 5.74) is 1.66. The first-order chi connectivity index (χ1) is 13.0. The van der Waals surface area contributed by atoms with Crippen LogP contribution in [0.1, 0.15) is 11.1 Å². The van der Waals surface area contributed by atoms with Crippen molar-refractivity contribution < 1.29 is 23.8 Å². The number of methoxy groups -OCH3 is 2. The van der Waals surface area contributed by atoms with Crippen LogP contribution in [-0.2, 0) is 14.3 Å². The third kappa shape index (κ3) is 5.90. The molecule has 0 atom stereocenters. The van der Waals surface area contributed by atoms with Crippen molar-refractivity contribution in [1.82, 2.24) is 0 Å². The highest BCUT2D eigenvalue weighted by Gasteiger charge is 2.07. The summed E-state index contributed by atoms with van der Waals surface area (Å²) in [4.78, 5) is 23.6. The highest BCUT2D eigenvalue weighted by molar-refractivity contribution is 5.94. The molecule has 7 nitrogen and oxygen atoms in total. The summed E-state index contributed by atoms with van der Waals surface area (Å²) in [6.07, 6.45) is 2.73. The topological polar surface area (TPSA) is 97.6 Å². The lowest BCUT2D eigenvalue weighted by molar-refractivity contribution is -0.142. The molecular weight excluding hydrogens is 348 g/mol. The van der Waals surface area contributed by atoms with Gasteiger partial charge in [-0.15, -0.1) is 0 Å². The zero-order chi connectivity index (χ0) is 19.6. The summed E-state index contributed by atoms with van der Waals surface area (Å²) >= 11 is 0. The number of hydrogen-bond acceptors (Lipinski definition) is 6. The minimum Gasteiger partial charge on any atom is -0.497 e. The molecule has 0 aromatic heterocycles. The molecule has 2 rings (SSSR count). The average molecular weight is 366 g/mol. The SMILES string of the molecule is COc1ccc(/C=C/C(=O)OCC(=O)Nc2ccc(C#N)cc2)c(OC)c1. The molecule has 27 heavy (non-hydrogen) atoms. The van der Waals surface area contributed by atoms with Crippen LogP contribution < -0.4 is 14.8 Å². The number of rotatable bonds is 7. The number of nitrogens with one attached hydrogen (secondary N) is 1. The molecule has 1 N–H and O–H groups in total. The van der Waals surface area contributed by atoms with Crippen molar-refractivity contribution in [2.24, 2.45) is 0 Å². The number of benzene rings is 2. The van der Waals surface area contributed by atoms with E-state index in [9.17, 15) is 9.59 Å². The van der Waals surface area contributed by atoms with Gasteiger partial charge in [0.1, 0.15) is 11.5 Å². The largest absolute Gasteiger partial charge is 0.497 e. The predicted molar refractivity (Wildman–Crippen MR) is 99.3 cm³/mol. The van der Waals surface area contributed by atoms with E-state index in [1.807, 2.05) is 6.07 Å². The van der Waals surface area contributed by atoms with Gasteiger partial charge in [-0.1, -0.05) is 0 Å². The highest BCUT2D eigenvalue weighted by atomic mass is 16.5. The first-order valence-corrected chi connectivity index (χ1v) is 7.92. The van der Waals surface area contributed by atoms with Gasteiger partial charge in [-0.2, -0.15) is 5.26 Å². The first-order valence-electron chi connectivity index (χ1n) is 7.92. The van der Waals surface area contributed by atoms with Crippen LogP contribution in [0, 0.1) is 11.3 Å². The van der Waals surface area contributed by atoms with Gasteiger partial charge in [0.15, 0.2) is 6.61 Å². The van der Waals surface area contributed by atoms with Gasteiger partial charge < -0.3 is 19.5 Å². The van der Waals surface area contributed by atoms with E-state index in [1.54, 1.807) is 49.6 Å². The molecule has 0 fully saturated rings. The molecular formula is C20H18N2O5. The molecule has 0 unspecified atom stereocenters. The molecule has 0 spiro atoms. The molecule has 2 aromatic rings. The van der Waals surface area contributed by atoms with Gasteiger partial charge in [0.2, 0.25) is 0 Å². The van der Waals surface area contributed by atoms with Crippen LogP contribution in [0.3, 0.4) is 0 Å². The molecule has 0 radical (unpaired) electrons. The number of esters is 1. The summed E-state index contributed by atoms with van der Waals surface area (Å²) in [6.45, 7) is -0.428. The Bertz CT molecular complexity index is 882. The van der Waals surface area contributed by atoms with E-state index in [4.69, 9.17) is 19.5 Å². The summed E-state index contributed by atoms with van der Waals surface area (Å²) in [6, 6.07) is 13.5. The van der Waals surface area contributed by atoms with Crippen LogP contribution >= 0.6 is 0 Å². The van der Waals surface area contributed by atoms with Crippen LogP contribution in [0.4, 0.5) is 5.69 Å². The Kier molecular flexibility index (Phi) is 6.97. The first kappa shape index (κ1) is 19.5. The van der Waals surface area contributed by atoms with Crippen molar-refractivity contribution >= 4 is 23.6 Å². The van der Waals surface area contributed by atoms with Crippen molar-refractivity contribution in [2.45, 2.75) is 0 Å². The van der Waals surface area contributed by atoms with Crippen LogP contribution in [-0.4, -0.2) is 32.7 Å². The number of nitrogens with zero attached hydrogens (tertiary/aromatic N) is 1. The minimum absolute atomic E-state index is 0.428. The maximum atomic E-state index is 11.8. The molecule has 138 valence electrons. The number of nitriles is 1. The lowest BCUT2D eigenvalue weighted by Crippen LogP contribution is -2.20. The van der Waals surface area contributed by atoms with E-state index >= 15 is 0 Å². The minimum atomic E-state index is -0.664. The van der Waals surface area contributed by atoms with Gasteiger partial charge in [0.05, 0.1) is 25.9 Å². The molecule has 0 saturated carbocycles. The summed E-state index contributed by atoms with van der Waals surface area (Å²) in [7, 11) is 3.06. The predicted octanol–water partition coefficient (Wildman–Crippen LogP) is 2.77. The average Bonchev–Trinajstić information content (AvgIpc) is 2.71. The number of carbonyl (C=O) groups excluding carboxylic acids is 2. The second-order valence-electron chi connectivity index (χ2n) is 5.29. The lowest BCUT2D eigenvalue weighted by atomic mass is 10.2. The van der Waals surface area contributed by atoms with Crippen molar-refractivity contribution in [1.29, 1.82) is 5.26 Å². The molecule has 0 aliphatic carbocycles. The number of anilines is 1. The summed E-state index contributed by atoms with van der Waals surface area (Å²) in [5, 5.41) is 11.3. The molecule has 0 bridgehead atoms. The molecule has 1 amide bonds. The number of hydrogen-bond donors (Lipinski definition) is 1. The molecule has 0 heterocycles. The van der Waals surface area contributed by atoms with Gasteiger partial charge in [-0.25, -0.2) is 4.79 Å². The van der Waals surface area contributed by atoms with Gasteiger partial charge in [0.25, 0.3) is 5.91 Å². The van der Waals surface area contributed by atoms with Gasteiger partial charge in [0, 0.05) is 23.4 Å². The number of ether oxygens (including phenoxy) is 3. The second-order valence-corrected chi connectivity index (χ2v) is 5.29. The molecule has 0 aliphatic rings. The third-order valence-corrected chi connectivity index (χ3v) is 3.48. The fourth-order valence-corrected chi connectivity index (χ4v) is 2.12. The van der Waals surface area contributed by atoms with E-state index in [-0.39, 0.29) is 0 Å². The number of carbonyl (C=O) groups is 2. The van der Waals surface area contributed by atoms with E-state index in [2.05, 4.69) is 5.32 Å². The van der Waals surface area contributed by atoms with E-state index in [1.165, 1.54) is 19.3 Å². The zero-order valence-electron chi connectivity index (χ0n) is 14.9. The summed E-state index contributed by atoms with van der Waals surface area (Å²) < 4.78 is 15.2. The highest BCUT2D eigenvalue weighted by Crippen LogP contribution is 2.25. The maximum Gasteiger partial charge on any atom is 0.331 e. The Morgan fingerprint density at radius 3 is 2.48 bits per heavy atom. The van der Waals surface area contributed by atoms with Crippen LogP contribution in [0.25, 0.3) is 6.08 Å². The van der Waals surface area contributed by atoms with Gasteiger partial charge in [-0.3, -0.25) is 4.79 Å². The Hall–Kier alpha value is -3.79. The molecule has 7 heteroatoms. The zero-order valence-corrected chi connectivity index (χ0v) is 14.9. The summed E-state index contributed by atoms with van der Waals surface area (Å²) in [5.74, 6) is 0.0225.